The number of carbonyl (C=O) groups is 2. The van der Waals surface area contributed by atoms with E-state index in [1.165, 1.54) is 67.7 Å². The molecule has 0 heterocycles. The van der Waals surface area contributed by atoms with Gasteiger partial charge >= 0.3 is 0 Å². The van der Waals surface area contributed by atoms with Gasteiger partial charge in [0.15, 0.2) is 0 Å². The van der Waals surface area contributed by atoms with Crippen molar-refractivity contribution in [1.29, 1.82) is 0 Å². The van der Waals surface area contributed by atoms with Crippen LogP contribution in [0.15, 0.2) is 77.7 Å². The summed E-state index contributed by atoms with van der Waals surface area (Å²) < 4.78 is 53.3. The van der Waals surface area contributed by atoms with Gasteiger partial charge in [-0.3, -0.25) is 13.9 Å². The number of nitrogens with zero attached hydrogens (tertiary/aromatic N) is 2. The van der Waals surface area contributed by atoms with Gasteiger partial charge in [-0.15, -0.1) is 0 Å². The Bertz CT molecular complexity index is 1430. The molecule has 0 aromatic heterocycles. The number of halogens is 1. The topological polar surface area (TPSA) is 105 Å². The Balaban J connectivity index is 2.07. The second-order valence-electron chi connectivity index (χ2n) is 9.58. The van der Waals surface area contributed by atoms with Gasteiger partial charge in [-0.2, -0.15) is 0 Å². The van der Waals surface area contributed by atoms with Crippen LogP contribution in [0.2, 0.25) is 0 Å². The van der Waals surface area contributed by atoms with E-state index < -0.39 is 34.3 Å². The number of sulfonamides is 1. The van der Waals surface area contributed by atoms with E-state index >= 15 is 0 Å². The van der Waals surface area contributed by atoms with E-state index in [2.05, 4.69) is 5.32 Å². The lowest BCUT2D eigenvalue weighted by atomic mass is 10.1. The largest absolute Gasteiger partial charge is 0.497 e. The molecule has 11 heteroatoms. The molecule has 0 fully saturated rings. The van der Waals surface area contributed by atoms with Crippen molar-refractivity contribution in [3.63, 3.8) is 0 Å². The molecule has 0 spiro atoms. The summed E-state index contributed by atoms with van der Waals surface area (Å²) in [5.41, 5.74) is 0.748. The van der Waals surface area contributed by atoms with Gasteiger partial charge in [-0.1, -0.05) is 44.5 Å². The van der Waals surface area contributed by atoms with Crippen LogP contribution in [0.25, 0.3) is 0 Å². The van der Waals surface area contributed by atoms with Gasteiger partial charge in [-0.25, -0.2) is 12.8 Å². The van der Waals surface area contributed by atoms with Crippen molar-refractivity contribution in [3.05, 3.63) is 84.2 Å². The number of para-hydroxylation sites is 2. The molecule has 9 nitrogen and oxygen atoms in total. The van der Waals surface area contributed by atoms with Crippen molar-refractivity contribution < 1.29 is 31.9 Å². The second-order valence-corrected chi connectivity index (χ2v) is 11.4. The summed E-state index contributed by atoms with van der Waals surface area (Å²) in [4.78, 5) is 28.7. The fourth-order valence-corrected chi connectivity index (χ4v) is 5.86. The van der Waals surface area contributed by atoms with Crippen LogP contribution in [0.5, 0.6) is 11.5 Å². The van der Waals surface area contributed by atoms with Gasteiger partial charge in [-0.05, 0) is 66.9 Å². The lowest BCUT2D eigenvalue weighted by Crippen LogP contribution is -2.52. The fourth-order valence-electron chi connectivity index (χ4n) is 4.44. The van der Waals surface area contributed by atoms with Crippen molar-refractivity contribution in [2.45, 2.75) is 50.6 Å². The maximum absolute atomic E-state index is 14.1. The average Bonchev–Trinajstić information content (AvgIpc) is 3.00. The summed E-state index contributed by atoms with van der Waals surface area (Å²) in [7, 11) is -1.40. The minimum Gasteiger partial charge on any atom is -0.497 e. The molecular formula is C31H38FN3O6S. The van der Waals surface area contributed by atoms with Gasteiger partial charge in [0.2, 0.25) is 11.8 Å². The van der Waals surface area contributed by atoms with Crippen LogP contribution >= 0.6 is 0 Å². The third-order valence-corrected chi connectivity index (χ3v) is 8.54. The minimum atomic E-state index is -4.29. The minimum absolute atomic E-state index is 0.0266. The highest BCUT2D eigenvalue weighted by atomic mass is 32.2. The number of methoxy groups -OCH3 is 2. The zero-order valence-electron chi connectivity index (χ0n) is 24.4. The predicted molar refractivity (Wildman–Crippen MR) is 159 cm³/mol. The number of benzene rings is 3. The van der Waals surface area contributed by atoms with Gasteiger partial charge in [0.25, 0.3) is 10.0 Å². The van der Waals surface area contributed by atoms with E-state index in [0.717, 1.165) is 17.1 Å². The Morgan fingerprint density at radius 2 is 1.60 bits per heavy atom. The van der Waals surface area contributed by atoms with Crippen LogP contribution in [-0.2, 0) is 26.2 Å². The molecule has 1 N–H and O–H groups in total. The number of unbranched alkanes of at least 4 members (excludes halogenated alkanes) is 1. The molecule has 0 bridgehead atoms. The van der Waals surface area contributed by atoms with Crippen molar-refractivity contribution >= 4 is 27.5 Å². The van der Waals surface area contributed by atoms with E-state index in [1.807, 2.05) is 6.92 Å². The molecule has 3 rings (SSSR count). The molecule has 1 unspecified atom stereocenters. The molecule has 3 aromatic rings. The van der Waals surface area contributed by atoms with E-state index in [0.29, 0.717) is 17.9 Å². The zero-order valence-corrected chi connectivity index (χ0v) is 25.2. The van der Waals surface area contributed by atoms with Crippen LogP contribution in [0.1, 0.15) is 38.7 Å². The van der Waals surface area contributed by atoms with E-state index in [4.69, 9.17) is 9.47 Å². The molecule has 0 aliphatic rings. The molecule has 0 saturated heterocycles. The normalized spacial score (nSPS) is 11.8. The van der Waals surface area contributed by atoms with Crippen LogP contribution in [-0.4, -0.2) is 58.5 Å². The van der Waals surface area contributed by atoms with Crippen LogP contribution < -0.4 is 19.1 Å². The number of nitrogens with one attached hydrogen (secondary N) is 1. The Kier molecular flexibility index (Phi) is 11.7. The number of hydrogen-bond acceptors (Lipinski definition) is 6. The lowest BCUT2D eigenvalue weighted by molar-refractivity contribution is -0.140. The number of ether oxygens (including phenoxy) is 2. The van der Waals surface area contributed by atoms with Crippen LogP contribution in [0, 0.1) is 5.82 Å². The summed E-state index contributed by atoms with van der Waals surface area (Å²) in [6, 6.07) is 17.0. The quantitative estimate of drug-likeness (QED) is 0.253. The molecule has 226 valence electrons. The first-order valence-corrected chi connectivity index (χ1v) is 15.2. The van der Waals surface area contributed by atoms with Crippen molar-refractivity contribution in [3.8, 4) is 11.5 Å². The van der Waals surface area contributed by atoms with Crippen molar-refractivity contribution in [2.24, 2.45) is 0 Å². The lowest BCUT2D eigenvalue weighted by Gasteiger charge is -2.33. The number of amides is 2. The maximum atomic E-state index is 14.1. The van der Waals surface area contributed by atoms with Gasteiger partial charge in [0.1, 0.15) is 29.9 Å². The second kappa shape index (κ2) is 15.2. The van der Waals surface area contributed by atoms with Gasteiger partial charge < -0.3 is 19.7 Å². The molecule has 3 aromatic carbocycles. The molecule has 0 saturated carbocycles. The third kappa shape index (κ3) is 8.00. The first kappa shape index (κ1) is 32.4. The first-order valence-electron chi connectivity index (χ1n) is 13.8. The number of anilines is 1. The Morgan fingerprint density at radius 3 is 2.19 bits per heavy atom. The standard InChI is InChI=1S/C31H38FN3O6S/c1-5-7-20-33-31(37)27(6-2)34(21-23-12-14-24(32)15-13-23)30(36)22-35(28-10-8-9-11-29(28)41-4)42(38,39)26-18-16-25(40-3)17-19-26/h8-19,27H,5-7,20-22H2,1-4H3,(H,33,37). The molecule has 42 heavy (non-hydrogen) atoms. The highest BCUT2D eigenvalue weighted by molar-refractivity contribution is 7.92. The van der Waals surface area contributed by atoms with E-state index in [9.17, 15) is 22.4 Å². The van der Waals surface area contributed by atoms with Crippen LogP contribution in [0.4, 0.5) is 10.1 Å². The first-order chi connectivity index (χ1) is 20.2. The Morgan fingerprint density at radius 1 is 0.929 bits per heavy atom. The summed E-state index contributed by atoms with van der Waals surface area (Å²) in [5, 5.41) is 2.88. The van der Waals surface area contributed by atoms with Gasteiger partial charge in [0, 0.05) is 13.1 Å². The summed E-state index contributed by atoms with van der Waals surface area (Å²) in [5.74, 6) is -0.673. The summed E-state index contributed by atoms with van der Waals surface area (Å²) in [6.07, 6.45) is 1.94. The zero-order chi connectivity index (χ0) is 30.7. The smallest absolute Gasteiger partial charge is 0.264 e. The molecule has 0 radical (unpaired) electrons. The summed E-state index contributed by atoms with van der Waals surface area (Å²) in [6.45, 7) is 3.59. The molecule has 2 amide bonds. The van der Waals surface area contributed by atoms with E-state index in [-0.39, 0.29) is 35.2 Å². The monoisotopic (exact) mass is 599 g/mol. The number of rotatable bonds is 15. The SMILES string of the molecule is CCCCNC(=O)C(CC)N(Cc1ccc(F)cc1)C(=O)CN(c1ccccc1OC)S(=O)(=O)c1ccc(OC)cc1. The Hall–Kier alpha value is -4.12. The van der Waals surface area contributed by atoms with Gasteiger partial charge in [0.05, 0.1) is 24.8 Å². The van der Waals surface area contributed by atoms with Crippen molar-refractivity contribution in [1.82, 2.24) is 10.2 Å². The highest BCUT2D eigenvalue weighted by Crippen LogP contribution is 2.33. The molecular weight excluding hydrogens is 561 g/mol. The molecule has 1 atom stereocenters. The third-order valence-electron chi connectivity index (χ3n) is 6.76. The average molecular weight is 600 g/mol. The van der Waals surface area contributed by atoms with Crippen LogP contribution in [0.3, 0.4) is 0 Å². The van der Waals surface area contributed by atoms with Crippen molar-refractivity contribution in [2.75, 3.05) is 31.6 Å². The summed E-state index contributed by atoms with van der Waals surface area (Å²) >= 11 is 0. The number of hydrogen-bond donors (Lipinski definition) is 1. The maximum Gasteiger partial charge on any atom is 0.264 e. The van der Waals surface area contributed by atoms with E-state index in [1.54, 1.807) is 31.2 Å². The highest BCUT2D eigenvalue weighted by Gasteiger charge is 2.34. The fraction of sp³-hybridized carbons (Fsp3) is 0.355. The molecule has 0 aliphatic carbocycles. The Labute approximate surface area is 247 Å². The molecule has 0 aliphatic heterocycles. The number of carbonyl (C=O) groups excluding carboxylic acids is 2. The predicted octanol–water partition coefficient (Wildman–Crippen LogP) is 4.76.